The monoisotopic (exact) mass is 430 g/mol. The van der Waals surface area contributed by atoms with E-state index in [1.807, 2.05) is 32.0 Å². The molecule has 1 aliphatic rings. The summed E-state index contributed by atoms with van der Waals surface area (Å²) in [6, 6.07) is 10.6. The van der Waals surface area contributed by atoms with E-state index < -0.39 is 24.4 Å². The molecule has 0 unspecified atom stereocenters. The van der Waals surface area contributed by atoms with E-state index in [2.05, 4.69) is 5.32 Å². The Balaban J connectivity index is 1.57. The van der Waals surface area contributed by atoms with Crippen LogP contribution in [0.15, 0.2) is 36.4 Å². The van der Waals surface area contributed by atoms with Gasteiger partial charge in [-0.05, 0) is 55.3 Å². The minimum absolute atomic E-state index is 0.0511. The summed E-state index contributed by atoms with van der Waals surface area (Å²) in [5.41, 5.74) is 3.22. The first-order valence-corrected chi connectivity index (χ1v) is 9.83. The van der Waals surface area contributed by atoms with Crippen molar-refractivity contribution < 1.29 is 23.9 Å². The van der Waals surface area contributed by atoms with Gasteiger partial charge in [0.1, 0.15) is 5.75 Å². The number of esters is 1. The Morgan fingerprint density at radius 3 is 2.53 bits per heavy atom. The Bertz CT molecular complexity index is 971. The van der Waals surface area contributed by atoms with Crippen LogP contribution in [-0.2, 0) is 19.1 Å². The highest BCUT2D eigenvalue weighted by Gasteiger charge is 2.36. The first-order valence-electron chi connectivity index (χ1n) is 9.45. The Morgan fingerprint density at radius 1 is 1.17 bits per heavy atom. The molecule has 0 bridgehead atoms. The van der Waals surface area contributed by atoms with Gasteiger partial charge >= 0.3 is 5.97 Å². The maximum Gasteiger partial charge on any atom is 0.311 e. The van der Waals surface area contributed by atoms with Gasteiger partial charge in [-0.1, -0.05) is 17.7 Å². The normalized spacial score (nSPS) is 15.8. The number of methoxy groups -OCH3 is 1. The van der Waals surface area contributed by atoms with E-state index in [1.54, 1.807) is 17.0 Å². The van der Waals surface area contributed by atoms with E-state index in [-0.39, 0.29) is 18.9 Å². The van der Waals surface area contributed by atoms with E-state index in [1.165, 1.54) is 13.2 Å². The van der Waals surface area contributed by atoms with Gasteiger partial charge in [-0.25, -0.2) is 0 Å². The number of carbonyl (C=O) groups excluding carboxylic acids is 3. The van der Waals surface area contributed by atoms with Crippen LogP contribution in [0.5, 0.6) is 5.75 Å². The fourth-order valence-corrected chi connectivity index (χ4v) is 3.61. The summed E-state index contributed by atoms with van der Waals surface area (Å²) in [4.78, 5) is 38.6. The number of amides is 2. The second-order valence-electron chi connectivity index (χ2n) is 7.25. The first-order chi connectivity index (χ1) is 14.3. The van der Waals surface area contributed by atoms with Gasteiger partial charge < -0.3 is 19.7 Å². The summed E-state index contributed by atoms with van der Waals surface area (Å²) in [5, 5.41) is 3.03. The molecule has 0 radical (unpaired) electrons. The standard InChI is InChI=1S/C22H23ClN2O5/c1-13-6-14(2)8-17(7-13)25-11-15(9-21(25)27)22(28)30-12-20(26)24-18-10-16(23)4-5-19(18)29-3/h4-8,10,15H,9,11-12H2,1-3H3,(H,24,26)/t15-/m1/s1. The largest absolute Gasteiger partial charge is 0.495 e. The average Bonchev–Trinajstić information content (AvgIpc) is 3.07. The predicted octanol–water partition coefficient (Wildman–Crippen LogP) is 3.50. The molecule has 0 saturated carbocycles. The van der Waals surface area contributed by atoms with E-state index in [0.29, 0.717) is 16.5 Å². The molecule has 1 atom stereocenters. The molecule has 1 N–H and O–H groups in total. The molecule has 0 spiro atoms. The van der Waals surface area contributed by atoms with Crippen LogP contribution in [0.25, 0.3) is 0 Å². The zero-order valence-electron chi connectivity index (χ0n) is 17.0. The molecule has 0 aromatic heterocycles. The fourth-order valence-electron chi connectivity index (χ4n) is 3.44. The lowest BCUT2D eigenvalue weighted by Gasteiger charge is -2.18. The summed E-state index contributed by atoms with van der Waals surface area (Å²) in [6.07, 6.45) is 0.0511. The van der Waals surface area contributed by atoms with Gasteiger partial charge in [0.05, 0.1) is 18.7 Å². The topological polar surface area (TPSA) is 84.9 Å². The highest BCUT2D eigenvalue weighted by molar-refractivity contribution is 6.31. The van der Waals surface area contributed by atoms with Crippen molar-refractivity contribution in [2.45, 2.75) is 20.3 Å². The molecule has 0 aliphatic carbocycles. The number of anilines is 2. The molecule has 1 fully saturated rings. The van der Waals surface area contributed by atoms with Crippen LogP contribution in [0.1, 0.15) is 17.5 Å². The number of hydrogen-bond donors (Lipinski definition) is 1. The molecular formula is C22H23ClN2O5. The quantitative estimate of drug-likeness (QED) is 0.709. The predicted molar refractivity (Wildman–Crippen MR) is 114 cm³/mol. The van der Waals surface area contributed by atoms with Crippen LogP contribution in [0, 0.1) is 19.8 Å². The Labute approximate surface area is 179 Å². The highest BCUT2D eigenvalue weighted by Crippen LogP contribution is 2.29. The van der Waals surface area contributed by atoms with E-state index in [4.69, 9.17) is 21.1 Å². The molecule has 7 nitrogen and oxygen atoms in total. The third-order valence-corrected chi connectivity index (χ3v) is 4.99. The van der Waals surface area contributed by atoms with Gasteiger partial charge in [0.25, 0.3) is 5.91 Å². The lowest BCUT2D eigenvalue weighted by atomic mass is 10.1. The van der Waals surface area contributed by atoms with Crippen molar-refractivity contribution in [1.29, 1.82) is 0 Å². The number of halogens is 1. The Kier molecular flexibility index (Phi) is 6.62. The number of aryl methyl sites for hydroxylation is 2. The second-order valence-corrected chi connectivity index (χ2v) is 7.69. The molecule has 2 amide bonds. The van der Waals surface area contributed by atoms with Crippen LogP contribution in [0.2, 0.25) is 5.02 Å². The van der Waals surface area contributed by atoms with E-state index in [9.17, 15) is 14.4 Å². The smallest absolute Gasteiger partial charge is 0.311 e. The molecular weight excluding hydrogens is 408 g/mol. The van der Waals surface area contributed by atoms with Crippen molar-refractivity contribution in [2.24, 2.45) is 5.92 Å². The van der Waals surface area contributed by atoms with Crippen molar-refractivity contribution in [3.63, 3.8) is 0 Å². The third kappa shape index (κ3) is 5.10. The van der Waals surface area contributed by atoms with E-state index >= 15 is 0 Å². The lowest BCUT2D eigenvalue weighted by Crippen LogP contribution is -2.28. The number of ether oxygens (including phenoxy) is 2. The zero-order valence-corrected chi connectivity index (χ0v) is 17.8. The van der Waals surface area contributed by atoms with Crippen molar-refractivity contribution in [2.75, 3.05) is 30.5 Å². The zero-order chi connectivity index (χ0) is 21.8. The number of rotatable bonds is 6. The van der Waals surface area contributed by atoms with E-state index in [0.717, 1.165) is 16.8 Å². The second kappa shape index (κ2) is 9.17. The molecule has 1 aliphatic heterocycles. The van der Waals surface area contributed by atoms with Crippen molar-refractivity contribution in [3.05, 3.63) is 52.5 Å². The SMILES string of the molecule is COc1ccc(Cl)cc1NC(=O)COC(=O)[C@@H]1CC(=O)N(c2cc(C)cc(C)c2)C1. The molecule has 2 aromatic carbocycles. The van der Waals surface area contributed by atoms with Gasteiger partial charge in [-0.2, -0.15) is 0 Å². The molecule has 1 saturated heterocycles. The van der Waals surface area contributed by atoms with Gasteiger partial charge in [0.2, 0.25) is 5.91 Å². The summed E-state index contributed by atoms with van der Waals surface area (Å²) >= 11 is 5.94. The number of benzene rings is 2. The molecule has 1 heterocycles. The average molecular weight is 431 g/mol. The number of nitrogens with zero attached hydrogens (tertiary/aromatic N) is 1. The molecule has 30 heavy (non-hydrogen) atoms. The fraction of sp³-hybridized carbons (Fsp3) is 0.318. The van der Waals surface area contributed by atoms with Crippen LogP contribution in [0.4, 0.5) is 11.4 Å². The van der Waals surface area contributed by atoms with Crippen LogP contribution >= 0.6 is 11.6 Å². The molecule has 3 rings (SSSR count). The van der Waals surface area contributed by atoms with Crippen molar-refractivity contribution >= 4 is 40.8 Å². The van der Waals surface area contributed by atoms with Gasteiger partial charge in [0.15, 0.2) is 6.61 Å². The number of carbonyl (C=O) groups is 3. The van der Waals surface area contributed by atoms with Crippen LogP contribution < -0.4 is 15.0 Å². The summed E-state index contributed by atoms with van der Waals surface area (Å²) in [6.45, 7) is 3.67. The molecule has 8 heteroatoms. The highest BCUT2D eigenvalue weighted by atomic mass is 35.5. The number of hydrogen-bond acceptors (Lipinski definition) is 5. The maximum atomic E-state index is 12.4. The van der Waals surface area contributed by atoms with Crippen LogP contribution in [-0.4, -0.2) is 38.0 Å². The Morgan fingerprint density at radius 2 is 1.87 bits per heavy atom. The van der Waals surface area contributed by atoms with Gasteiger partial charge in [0, 0.05) is 23.7 Å². The molecule has 2 aromatic rings. The third-order valence-electron chi connectivity index (χ3n) is 4.76. The maximum absolute atomic E-state index is 12.4. The summed E-state index contributed by atoms with van der Waals surface area (Å²) < 4.78 is 10.3. The summed E-state index contributed by atoms with van der Waals surface area (Å²) in [7, 11) is 1.47. The van der Waals surface area contributed by atoms with Crippen molar-refractivity contribution in [1.82, 2.24) is 0 Å². The Hall–Kier alpha value is -3.06. The molecule has 158 valence electrons. The van der Waals surface area contributed by atoms with Crippen molar-refractivity contribution in [3.8, 4) is 5.75 Å². The minimum Gasteiger partial charge on any atom is -0.495 e. The number of nitrogens with one attached hydrogen (secondary N) is 1. The minimum atomic E-state index is -0.619. The lowest BCUT2D eigenvalue weighted by molar-refractivity contribution is -0.151. The van der Waals surface area contributed by atoms with Crippen LogP contribution in [0.3, 0.4) is 0 Å². The van der Waals surface area contributed by atoms with Gasteiger partial charge in [-0.3, -0.25) is 14.4 Å². The van der Waals surface area contributed by atoms with Gasteiger partial charge in [-0.15, -0.1) is 0 Å². The summed E-state index contributed by atoms with van der Waals surface area (Å²) in [5.74, 6) is -1.44. The first kappa shape index (κ1) is 21.6.